The molecule has 4 rings (SSSR count). The van der Waals surface area contributed by atoms with Gasteiger partial charge in [-0.2, -0.15) is 0 Å². The number of rotatable bonds is 7. The second-order valence-corrected chi connectivity index (χ2v) is 7.63. The van der Waals surface area contributed by atoms with Gasteiger partial charge < -0.3 is 15.4 Å². The molecule has 0 radical (unpaired) electrons. The van der Waals surface area contributed by atoms with Crippen LogP contribution in [0, 0.1) is 6.92 Å². The summed E-state index contributed by atoms with van der Waals surface area (Å²) in [7, 11) is 0. The third-order valence-corrected chi connectivity index (χ3v) is 5.47. The number of carbonyl (C=O) groups is 1. The molecule has 0 aliphatic rings. The summed E-state index contributed by atoms with van der Waals surface area (Å²) in [4.78, 5) is 19.1. The molecular weight excluding hydrogens is 386 g/mol. The number of H-pyrrole nitrogens is 1. The van der Waals surface area contributed by atoms with E-state index < -0.39 is 12.0 Å². The highest BCUT2D eigenvalue weighted by molar-refractivity contribution is 5.77. The predicted molar refractivity (Wildman–Crippen MR) is 124 cm³/mol. The van der Waals surface area contributed by atoms with Crippen LogP contribution in [0.2, 0.25) is 0 Å². The molecule has 0 unspecified atom stereocenters. The molecule has 5 heteroatoms. The molecule has 0 saturated heterocycles. The van der Waals surface area contributed by atoms with Crippen molar-refractivity contribution in [3.8, 4) is 33.8 Å². The summed E-state index contributed by atoms with van der Waals surface area (Å²) in [5.74, 6) is -0.0763. The van der Waals surface area contributed by atoms with Crippen LogP contribution < -0.4 is 5.32 Å². The first-order chi connectivity index (χ1) is 15.0. The number of benzene rings is 3. The van der Waals surface area contributed by atoms with Crippen LogP contribution >= 0.6 is 0 Å². The van der Waals surface area contributed by atoms with Crippen LogP contribution in [0.25, 0.3) is 33.8 Å². The van der Waals surface area contributed by atoms with E-state index in [1.54, 1.807) is 6.92 Å². The molecule has 0 saturated carbocycles. The van der Waals surface area contributed by atoms with Crippen molar-refractivity contribution < 1.29 is 9.90 Å². The Balaban J connectivity index is 1.60. The zero-order valence-electron chi connectivity index (χ0n) is 17.6. The standard InChI is InChI=1S/C26H25N3O2/c1-17-22(20-9-4-3-5-10-20)12-7-13-23(17)24-16-28-25(29-24)21-11-6-8-19(14-21)15-27-18(2)26(30)31/h3-14,16,18,27H,15H2,1-2H3,(H,28,29)(H,30,31)/t18-/m0/s1. The van der Waals surface area contributed by atoms with E-state index in [0.29, 0.717) is 6.54 Å². The van der Waals surface area contributed by atoms with E-state index in [9.17, 15) is 4.79 Å². The lowest BCUT2D eigenvalue weighted by molar-refractivity contribution is -0.139. The molecule has 1 aromatic heterocycles. The number of aromatic nitrogens is 2. The molecule has 3 N–H and O–H groups in total. The largest absolute Gasteiger partial charge is 0.480 e. The molecule has 1 atom stereocenters. The Morgan fingerprint density at radius 2 is 1.71 bits per heavy atom. The van der Waals surface area contributed by atoms with Crippen molar-refractivity contribution in [1.29, 1.82) is 0 Å². The van der Waals surface area contributed by atoms with Gasteiger partial charge in [0, 0.05) is 17.7 Å². The minimum Gasteiger partial charge on any atom is -0.480 e. The summed E-state index contributed by atoms with van der Waals surface area (Å²) in [5.41, 5.74) is 7.65. The second-order valence-electron chi connectivity index (χ2n) is 7.63. The number of hydrogen-bond donors (Lipinski definition) is 3. The van der Waals surface area contributed by atoms with Gasteiger partial charge in [0.05, 0.1) is 11.9 Å². The Hall–Kier alpha value is -3.70. The average Bonchev–Trinajstić information content (AvgIpc) is 3.28. The zero-order valence-corrected chi connectivity index (χ0v) is 17.6. The first-order valence-electron chi connectivity index (χ1n) is 10.3. The zero-order chi connectivity index (χ0) is 21.8. The number of hydrogen-bond acceptors (Lipinski definition) is 3. The fourth-order valence-corrected chi connectivity index (χ4v) is 3.65. The third-order valence-electron chi connectivity index (χ3n) is 5.47. The maximum Gasteiger partial charge on any atom is 0.320 e. The highest BCUT2D eigenvalue weighted by Gasteiger charge is 2.12. The molecular formula is C26H25N3O2. The van der Waals surface area contributed by atoms with Crippen LogP contribution in [0.4, 0.5) is 0 Å². The lowest BCUT2D eigenvalue weighted by Crippen LogP contribution is -2.33. The number of carboxylic acid groups (broad SMARTS) is 1. The number of imidazole rings is 1. The Morgan fingerprint density at radius 1 is 1.00 bits per heavy atom. The van der Waals surface area contributed by atoms with Gasteiger partial charge in [-0.1, -0.05) is 66.7 Å². The molecule has 5 nitrogen and oxygen atoms in total. The summed E-state index contributed by atoms with van der Waals surface area (Å²) in [6.07, 6.45) is 1.86. The van der Waals surface area contributed by atoms with Crippen LogP contribution in [0.3, 0.4) is 0 Å². The van der Waals surface area contributed by atoms with E-state index in [0.717, 1.165) is 28.2 Å². The van der Waals surface area contributed by atoms with Crippen LogP contribution in [0.1, 0.15) is 18.1 Å². The average molecular weight is 412 g/mol. The summed E-state index contributed by atoms with van der Waals surface area (Å²) >= 11 is 0. The van der Waals surface area contributed by atoms with Gasteiger partial charge in [0.2, 0.25) is 0 Å². The fourth-order valence-electron chi connectivity index (χ4n) is 3.65. The van der Waals surface area contributed by atoms with Crippen molar-refractivity contribution in [2.24, 2.45) is 0 Å². The van der Waals surface area contributed by atoms with Crippen LogP contribution in [-0.4, -0.2) is 27.1 Å². The van der Waals surface area contributed by atoms with Gasteiger partial charge in [-0.25, -0.2) is 4.98 Å². The molecule has 0 aliphatic carbocycles. The van der Waals surface area contributed by atoms with Gasteiger partial charge in [-0.05, 0) is 42.2 Å². The maximum atomic E-state index is 11.0. The van der Waals surface area contributed by atoms with Gasteiger partial charge >= 0.3 is 5.97 Å². The van der Waals surface area contributed by atoms with Crippen molar-refractivity contribution in [1.82, 2.24) is 15.3 Å². The van der Waals surface area contributed by atoms with Crippen molar-refractivity contribution in [2.75, 3.05) is 0 Å². The van der Waals surface area contributed by atoms with Gasteiger partial charge in [-0.3, -0.25) is 4.79 Å². The Morgan fingerprint density at radius 3 is 2.48 bits per heavy atom. The Labute approximate surface area is 181 Å². The molecule has 0 aliphatic heterocycles. The molecule has 0 bridgehead atoms. The molecule has 3 aromatic carbocycles. The smallest absolute Gasteiger partial charge is 0.320 e. The topological polar surface area (TPSA) is 78.0 Å². The number of nitrogens with one attached hydrogen (secondary N) is 2. The SMILES string of the molecule is Cc1c(-c2ccccc2)cccc1-c1cnc(-c2cccc(CN[C@@H](C)C(=O)O)c2)[nH]1. The van der Waals surface area contributed by atoms with Gasteiger partial charge in [0.25, 0.3) is 0 Å². The quantitative estimate of drug-likeness (QED) is 0.387. The number of aromatic amines is 1. The maximum absolute atomic E-state index is 11.0. The lowest BCUT2D eigenvalue weighted by atomic mass is 9.95. The first-order valence-corrected chi connectivity index (χ1v) is 10.3. The normalized spacial score (nSPS) is 11.9. The van der Waals surface area contributed by atoms with Gasteiger partial charge in [0.15, 0.2) is 0 Å². The van der Waals surface area contributed by atoms with Gasteiger partial charge in [-0.15, -0.1) is 0 Å². The Bertz CT molecular complexity index is 1200. The van der Waals surface area contributed by atoms with Crippen LogP contribution in [0.5, 0.6) is 0 Å². The summed E-state index contributed by atoms with van der Waals surface area (Å²) in [5, 5.41) is 12.0. The summed E-state index contributed by atoms with van der Waals surface area (Å²) < 4.78 is 0. The van der Waals surface area contributed by atoms with E-state index >= 15 is 0 Å². The summed E-state index contributed by atoms with van der Waals surface area (Å²) in [6.45, 7) is 4.25. The monoisotopic (exact) mass is 411 g/mol. The van der Waals surface area contributed by atoms with Gasteiger partial charge in [0.1, 0.15) is 11.9 Å². The molecule has 31 heavy (non-hydrogen) atoms. The van der Waals surface area contributed by atoms with Crippen LogP contribution in [0.15, 0.2) is 79.0 Å². The highest BCUT2D eigenvalue weighted by Crippen LogP contribution is 2.32. The van der Waals surface area contributed by atoms with Crippen molar-refractivity contribution >= 4 is 5.97 Å². The van der Waals surface area contributed by atoms with Crippen LogP contribution in [-0.2, 0) is 11.3 Å². The number of aliphatic carboxylic acids is 1. The first kappa shape index (κ1) is 20.6. The lowest BCUT2D eigenvalue weighted by Gasteiger charge is -2.11. The Kier molecular flexibility index (Phi) is 5.96. The van der Waals surface area contributed by atoms with Crippen molar-refractivity contribution in [2.45, 2.75) is 26.4 Å². The minimum absolute atomic E-state index is 0.479. The van der Waals surface area contributed by atoms with E-state index in [1.807, 2.05) is 36.5 Å². The molecule has 0 fully saturated rings. The second kappa shape index (κ2) is 8.98. The van der Waals surface area contributed by atoms with E-state index in [4.69, 9.17) is 5.11 Å². The minimum atomic E-state index is -0.861. The van der Waals surface area contributed by atoms with E-state index in [2.05, 4.69) is 64.7 Å². The van der Waals surface area contributed by atoms with E-state index in [1.165, 1.54) is 16.7 Å². The number of nitrogens with zero attached hydrogens (tertiary/aromatic N) is 1. The molecule has 4 aromatic rings. The highest BCUT2D eigenvalue weighted by atomic mass is 16.4. The molecule has 1 heterocycles. The summed E-state index contributed by atoms with van der Waals surface area (Å²) in [6, 6.07) is 24.0. The molecule has 0 amide bonds. The molecule has 0 spiro atoms. The van der Waals surface area contributed by atoms with E-state index in [-0.39, 0.29) is 0 Å². The third kappa shape index (κ3) is 4.57. The molecule has 156 valence electrons. The van der Waals surface area contributed by atoms with Crippen molar-refractivity contribution in [3.63, 3.8) is 0 Å². The van der Waals surface area contributed by atoms with Crippen molar-refractivity contribution in [3.05, 3.63) is 90.1 Å². The predicted octanol–water partition coefficient (Wildman–Crippen LogP) is 5.28. The fraction of sp³-hybridized carbons (Fsp3) is 0.154. The number of carboxylic acids is 1.